The third-order valence-electron chi connectivity index (χ3n) is 16.6. The molecule has 2 unspecified atom stereocenters. The number of hydrogen-bond donors (Lipinski definition) is 3. The minimum atomic E-state index is -0.663. The summed E-state index contributed by atoms with van der Waals surface area (Å²) in [6, 6.07) is -0.540. The molecule has 0 aliphatic carbocycles. The van der Waals surface area contributed by atoms with E-state index in [-0.39, 0.29) is 18.5 Å². The minimum Gasteiger partial charge on any atom is -0.466 e. The van der Waals surface area contributed by atoms with Crippen LogP contribution in [0.5, 0.6) is 0 Å². The van der Waals surface area contributed by atoms with Crippen LogP contribution in [-0.4, -0.2) is 47.4 Å². The number of rotatable bonds is 66. The molecule has 0 aromatic carbocycles. The highest BCUT2D eigenvalue weighted by Gasteiger charge is 2.20. The summed E-state index contributed by atoms with van der Waals surface area (Å²) < 4.78 is 5.49. The van der Waals surface area contributed by atoms with E-state index in [1.54, 1.807) is 0 Å². The third-order valence-corrected chi connectivity index (χ3v) is 16.6. The zero-order valence-corrected chi connectivity index (χ0v) is 51.8. The Labute approximate surface area is 476 Å². The molecule has 6 heteroatoms. The fourth-order valence-electron chi connectivity index (χ4n) is 11.2. The number of nitrogens with one attached hydrogen (secondary N) is 1. The first-order valence-corrected chi connectivity index (χ1v) is 34.9. The molecule has 0 saturated heterocycles. The Balaban J connectivity index is 3.35. The Morgan fingerprint density at radius 3 is 0.934 bits per heavy atom. The molecular formula is C70H137NO5. The summed E-state index contributed by atoms with van der Waals surface area (Å²) in [6.45, 7) is 4.99. The average molecular weight is 1070 g/mol. The van der Waals surface area contributed by atoms with Gasteiger partial charge in [-0.05, 0) is 51.4 Å². The van der Waals surface area contributed by atoms with Crippen LogP contribution in [0.4, 0.5) is 0 Å². The first kappa shape index (κ1) is 74.6. The van der Waals surface area contributed by atoms with Gasteiger partial charge in [0, 0.05) is 12.8 Å². The van der Waals surface area contributed by atoms with E-state index in [0.717, 1.165) is 38.5 Å². The molecule has 6 nitrogen and oxygen atoms in total. The van der Waals surface area contributed by atoms with Gasteiger partial charge in [-0.2, -0.15) is 0 Å². The summed E-state index contributed by atoms with van der Waals surface area (Å²) >= 11 is 0. The van der Waals surface area contributed by atoms with Crippen molar-refractivity contribution >= 4 is 11.9 Å². The summed E-state index contributed by atoms with van der Waals surface area (Å²) in [5.74, 6) is -0.0109. The van der Waals surface area contributed by atoms with Crippen LogP contribution in [-0.2, 0) is 14.3 Å². The predicted molar refractivity (Wildman–Crippen MR) is 333 cm³/mol. The van der Waals surface area contributed by atoms with Gasteiger partial charge < -0.3 is 20.3 Å². The second-order valence-corrected chi connectivity index (χ2v) is 24.2. The number of carbonyl (C=O) groups excluding carboxylic acids is 2. The second-order valence-electron chi connectivity index (χ2n) is 24.2. The maximum atomic E-state index is 12.5. The number of allylic oxidation sites excluding steroid dienone is 2. The Hall–Kier alpha value is -1.40. The topological polar surface area (TPSA) is 95.9 Å². The van der Waals surface area contributed by atoms with Crippen molar-refractivity contribution in [3.8, 4) is 0 Å². The predicted octanol–water partition coefficient (Wildman–Crippen LogP) is 22.4. The summed E-state index contributed by atoms with van der Waals surface area (Å²) in [5, 5.41) is 23.3. The lowest BCUT2D eigenvalue weighted by molar-refractivity contribution is -0.143. The smallest absolute Gasteiger partial charge is 0.305 e. The van der Waals surface area contributed by atoms with Crippen LogP contribution >= 0.6 is 0 Å². The van der Waals surface area contributed by atoms with E-state index >= 15 is 0 Å². The van der Waals surface area contributed by atoms with Gasteiger partial charge in [0.2, 0.25) is 5.91 Å². The van der Waals surface area contributed by atoms with Crippen molar-refractivity contribution in [3.05, 3.63) is 12.2 Å². The highest BCUT2D eigenvalue weighted by molar-refractivity contribution is 5.76. The maximum Gasteiger partial charge on any atom is 0.305 e. The van der Waals surface area contributed by atoms with Crippen LogP contribution in [0.15, 0.2) is 12.2 Å². The number of amides is 1. The maximum absolute atomic E-state index is 12.5. The molecule has 0 rings (SSSR count). The van der Waals surface area contributed by atoms with E-state index in [1.165, 1.54) is 327 Å². The van der Waals surface area contributed by atoms with Gasteiger partial charge in [0.1, 0.15) is 0 Å². The molecule has 452 valence electrons. The number of aliphatic hydroxyl groups excluding tert-OH is 2. The number of aliphatic hydroxyl groups is 2. The van der Waals surface area contributed by atoms with E-state index in [0.29, 0.717) is 25.9 Å². The zero-order valence-electron chi connectivity index (χ0n) is 51.8. The summed E-state index contributed by atoms with van der Waals surface area (Å²) in [4.78, 5) is 24.6. The van der Waals surface area contributed by atoms with Crippen molar-refractivity contribution in [2.24, 2.45) is 0 Å². The molecule has 0 aliphatic heterocycles. The highest BCUT2D eigenvalue weighted by Crippen LogP contribution is 2.19. The van der Waals surface area contributed by atoms with Crippen LogP contribution in [0, 0.1) is 0 Å². The Kier molecular flexibility index (Phi) is 64.9. The van der Waals surface area contributed by atoms with Gasteiger partial charge in [0.25, 0.3) is 0 Å². The van der Waals surface area contributed by atoms with Gasteiger partial charge in [-0.15, -0.1) is 0 Å². The largest absolute Gasteiger partial charge is 0.466 e. The van der Waals surface area contributed by atoms with Gasteiger partial charge >= 0.3 is 5.97 Å². The van der Waals surface area contributed by atoms with Crippen molar-refractivity contribution in [1.82, 2.24) is 5.32 Å². The number of unbranched alkanes of at least 4 members (excludes halogenated alkanes) is 53. The number of esters is 1. The van der Waals surface area contributed by atoms with Crippen LogP contribution in [0.25, 0.3) is 0 Å². The van der Waals surface area contributed by atoms with E-state index in [9.17, 15) is 19.8 Å². The highest BCUT2D eigenvalue weighted by atomic mass is 16.5. The monoisotopic (exact) mass is 1070 g/mol. The van der Waals surface area contributed by atoms with Gasteiger partial charge in [-0.1, -0.05) is 347 Å². The Bertz CT molecular complexity index is 1140. The zero-order chi connectivity index (χ0) is 55.0. The molecule has 0 aromatic heterocycles. The number of hydrogen-bond acceptors (Lipinski definition) is 5. The van der Waals surface area contributed by atoms with Crippen molar-refractivity contribution in [1.29, 1.82) is 0 Å². The molecule has 0 radical (unpaired) electrons. The lowest BCUT2D eigenvalue weighted by atomic mass is 10.0. The minimum absolute atomic E-state index is 0.0197. The third kappa shape index (κ3) is 61.8. The first-order valence-electron chi connectivity index (χ1n) is 34.9. The van der Waals surface area contributed by atoms with E-state index in [1.807, 2.05) is 0 Å². The SMILES string of the molecule is CCCCCCCCCCCCCCCCCCC(O)C(CO)NC(=O)CCCCCCCCCCCCCCC/C=C\CCCCCCCCCCCCCCOC(=O)CCCCCCCCCCCCCCCC. The van der Waals surface area contributed by atoms with Gasteiger partial charge in [-0.3, -0.25) is 9.59 Å². The molecular weight excluding hydrogens is 935 g/mol. The molecule has 3 N–H and O–H groups in total. The van der Waals surface area contributed by atoms with Crippen molar-refractivity contribution in [2.45, 2.75) is 411 Å². The van der Waals surface area contributed by atoms with E-state index in [2.05, 4.69) is 31.3 Å². The van der Waals surface area contributed by atoms with Gasteiger partial charge in [0.15, 0.2) is 0 Å². The molecule has 0 spiro atoms. The summed E-state index contributed by atoms with van der Waals surface area (Å²) in [7, 11) is 0. The normalized spacial score (nSPS) is 12.5. The standard InChI is InChI=1S/C70H137NO5/c1-3-5-7-9-11-13-15-17-19-35-38-42-46-50-54-58-62-68(73)67(66-72)71-69(74)63-59-55-51-47-43-39-36-33-31-29-27-25-23-21-20-22-24-26-28-30-32-34-37-41-45-49-53-57-61-65-76-70(75)64-60-56-52-48-44-40-18-16-14-12-10-8-6-4-2/h20,22,67-68,72-73H,3-19,21,23-66H2,1-2H3,(H,71,74)/b22-20-. The van der Waals surface area contributed by atoms with Crippen LogP contribution in [0.3, 0.4) is 0 Å². The number of carbonyl (C=O) groups is 2. The molecule has 0 fully saturated rings. The summed E-state index contributed by atoms with van der Waals surface area (Å²) in [6.07, 6.45) is 81.1. The number of ether oxygens (including phenoxy) is 1. The van der Waals surface area contributed by atoms with Gasteiger partial charge in [0.05, 0.1) is 25.4 Å². The van der Waals surface area contributed by atoms with Crippen LogP contribution in [0.2, 0.25) is 0 Å². The van der Waals surface area contributed by atoms with Crippen LogP contribution < -0.4 is 5.32 Å². The molecule has 0 heterocycles. The average Bonchev–Trinajstić information content (AvgIpc) is 3.42. The Morgan fingerprint density at radius 1 is 0.355 bits per heavy atom. The van der Waals surface area contributed by atoms with E-state index < -0.39 is 12.1 Å². The summed E-state index contributed by atoms with van der Waals surface area (Å²) in [5.41, 5.74) is 0. The lowest BCUT2D eigenvalue weighted by Crippen LogP contribution is -2.45. The van der Waals surface area contributed by atoms with Crippen molar-refractivity contribution in [3.63, 3.8) is 0 Å². The fraction of sp³-hybridized carbons (Fsp3) is 0.943. The molecule has 0 saturated carbocycles. The van der Waals surface area contributed by atoms with Crippen LogP contribution in [0.1, 0.15) is 399 Å². The Morgan fingerprint density at radius 2 is 0.618 bits per heavy atom. The molecule has 2 atom stereocenters. The molecule has 1 amide bonds. The first-order chi connectivity index (χ1) is 37.5. The molecule has 76 heavy (non-hydrogen) atoms. The second kappa shape index (κ2) is 66.1. The molecule has 0 aromatic rings. The molecule has 0 bridgehead atoms. The van der Waals surface area contributed by atoms with Gasteiger partial charge in [-0.25, -0.2) is 0 Å². The van der Waals surface area contributed by atoms with Crippen molar-refractivity contribution < 1.29 is 24.5 Å². The fourth-order valence-corrected chi connectivity index (χ4v) is 11.2. The van der Waals surface area contributed by atoms with E-state index in [4.69, 9.17) is 4.74 Å². The molecule has 0 aliphatic rings. The quantitative estimate of drug-likeness (QED) is 0.0320. The van der Waals surface area contributed by atoms with Crippen molar-refractivity contribution in [2.75, 3.05) is 13.2 Å². The lowest BCUT2D eigenvalue weighted by Gasteiger charge is -2.22.